The van der Waals surface area contributed by atoms with Crippen LogP contribution in [0, 0.1) is 5.92 Å². The van der Waals surface area contributed by atoms with Gasteiger partial charge >= 0.3 is 0 Å². The molecule has 1 fully saturated rings. The summed E-state index contributed by atoms with van der Waals surface area (Å²) in [6.07, 6.45) is 8.08. The van der Waals surface area contributed by atoms with Crippen LogP contribution < -0.4 is 15.4 Å². The first kappa shape index (κ1) is 28.6. The number of unbranched alkanes of at least 4 members (excludes halogenated alkanes) is 2. The van der Waals surface area contributed by atoms with Gasteiger partial charge in [-0.2, -0.15) is 8.42 Å². The molecule has 2 aromatic heterocycles. The van der Waals surface area contributed by atoms with Crippen molar-refractivity contribution < 1.29 is 13.2 Å². The number of rotatable bonds is 8. The number of nitrogen functional groups attached to an aromatic ring is 1. The number of carbonyl (C=O) groups is 1. The zero-order valence-corrected chi connectivity index (χ0v) is 23.9. The average molecular weight is 528 g/mol. The fourth-order valence-electron chi connectivity index (χ4n) is 4.92. The van der Waals surface area contributed by atoms with Crippen molar-refractivity contribution in [1.82, 2.24) is 14.7 Å². The molecule has 0 saturated carbocycles. The van der Waals surface area contributed by atoms with E-state index in [0.29, 0.717) is 11.7 Å². The van der Waals surface area contributed by atoms with Crippen LogP contribution in [0.5, 0.6) is 0 Å². The third-order valence-corrected chi connectivity index (χ3v) is 7.82. The van der Waals surface area contributed by atoms with E-state index in [1.54, 1.807) is 6.07 Å². The highest BCUT2D eigenvalue weighted by molar-refractivity contribution is 7.90. The van der Waals surface area contributed by atoms with Crippen molar-refractivity contribution >= 4 is 33.6 Å². The fraction of sp³-hybridized carbons (Fsp3) is 0.536. The van der Waals surface area contributed by atoms with Crippen LogP contribution in [0.4, 0.5) is 11.6 Å². The second-order valence-corrected chi connectivity index (χ2v) is 13.3. The molecule has 3 N–H and O–H groups in total. The van der Waals surface area contributed by atoms with Crippen molar-refractivity contribution in [3.05, 3.63) is 47.2 Å². The van der Waals surface area contributed by atoms with Gasteiger partial charge in [0.15, 0.2) is 5.03 Å². The Labute approximate surface area is 221 Å². The number of allylic oxidation sites excluding steroid dienone is 1. The van der Waals surface area contributed by atoms with Crippen molar-refractivity contribution in [1.29, 1.82) is 0 Å². The second kappa shape index (κ2) is 10.8. The van der Waals surface area contributed by atoms with Crippen LogP contribution in [-0.2, 0) is 15.4 Å². The van der Waals surface area contributed by atoms with Gasteiger partial charge < -0.3 is 10.6 Å². The number of nitrogens with zero attached hydrogens (tertiary/aromatic N) is 3. The van der Waals surface area contributed by atoms with Crippen LogP contribution in [0.3, 0.4) is 0 Å². The third-order valence-electron chi connectivity index (χ3n) is 6.58. The van der Waals surface area contributed by atoms with Gasteiger partial charge in [-0.25, -0.2) is 14.7 Å². The Morgan fingerprint density at radius 2 is 1.97 bits per heavy atom. The number of sulfonamides is 1. The molecule has 1 atom stereocenters. The summed E-state index contributed by atoms with van der Waals surface area (Å²) in [4.78, 5) is 24.7. The lowest BCUT2D eigenvalue weighted by molar-refractivity contribution is 0.0981. The van der Waals surface area contributed by atoms with Crippen molar-refractivity contribution in [3.8, 4) is 0 Å². The number of nitrogens with one attached hydrogen (secondary N) is 1. The Balaban J connectivity index is 2.17. The normalized spacial score (nSPS) is 17.9. The summed E-state index contributed by atoms with van der Waals surface area (Å²) in [6.45, 7) is 15.6. The van der Waals surface area contributed by atoms with Gasteiger partial charge in [-0.1, -0.05) is 65.7 Å². The number of amides is 1. The Kier molecular flexibility index (Phi) is 8.37. The molecule has 1 saturated heterocycles. The Bertz CT molecular complexity index is 1280. The molecule has 0 spiro atoms. The summed E-state index contributed by atoms with van der Waals surface area (Å²) in [6, 6.07) is 6.06. The Hall–Kier alpha value is -2.94. The maximum Gasteiger partial charge on any atom is 0.281 e. The van der Waals surface area contributed by atoms with Crippen molar-refractivity contribution in [3.63, 3.8) is 0 Å². The maximum atomic E-state index is 13.6. The molecule has 0 radical (unpaired) electrons. The molecule has 1 aliphatic rings. The minimum atomic E-state index is -4.24. The number of hydrogen-bond donors (Lipinski definition) is 2. The molecule has 9 heteroatoms. The summed E-state index contributed by atoms with van der Waals surface area (Å²) in [5, 5.41) is -0.309. The molecule has 8 nitrogen and oxygen atoms in total. The van der Waals surface area contributed by atoms with E-state index in [2.05, 4.69) is 69.1 Å². The van der Waals surface area contributed by atoms with Crippen LogP contribution in [-0.4, -0.2) is 36.4 Å². The van der Waals surface area contributed by atoms with Crippen molar-refractivity contribution in [2.45, 2.75) is 90.1 Å². The Morgan fingerprint density at radius 3 is 2.54 bits per heavy atom. The van der Waals surface area contributed by atoms with Crippen LogP contribution >= 0.6 is 0 Å². The van der Waals surface area contributed by atoms with Crippen molar-refractivity contribution in [2.75, 3.05) is 17.2 Å². The van der Waals surface area contributed by atoms with Gasteiger partial charge in [-0.05, 0) is 56.4 Å². The van der Waals surface area contributed by atoms with E-state index in [1.165, 1.54) is 18.2 Å². The third kappa shape index (κ3) is 6.69. The lowest BCUT2D eigenvalue weighted by atomic mass is 9.87. The topological polar surface area (TPSA) is 118 Å². The van der Waals surface area contributed by atoms with E-state index >= 15 is 0 Å². The summed E-state index contributed by atoms with van der Waals surface area (Å²) in [7, 11) is -4.24. The first-order valence-electron chi connectivity index (χ1n) is 12.9. The molecule has 202 valence electrons. The predicted octanol–water partition coefficient (Wildman–Crippen LogP) is 5.30. The van der Waals surface area contributed by atoms with Crippen LogP contribution in [0.2, 0.25) is 0 Å². The maximum absolute atomic E-state index is 13.6. The molecule has 0 bridgehead atoms. The molecule has 37 heavy (non-hydrogen) atoms. The van der Waals surface area contributed by atoms with Gasteiger partial charge in [-0.15, -0.1) is 0 Å². The standard InChI is InChI=1S/C28H41N5O3S/c1-8-9-10-11-13-20-16-21(26(34)32-37(35,36)23-15-12-14-22(29)30-23)25(31-24(20)27(3,4)5)33-18-19(2)17-28(33,6)7/h11-16,19H,8-10,17-18H2,1-7H3,(H2,29,30)(H,32,34)/b13-11+/t19-/m0/s1. The van der Waals surface area contributed by atoms with Gasteiger partial charge in [0.1, 0.15) is 11.6 Å². The van der Waals surface area contributed by atoms with Gasteiger partial charge in [0.2, 0.25) is 0 Å². The minimum absolute atomic E-state index is 0.0551. The number of hydrogen-bond acceptors (Lipinski definition) is 7. The summed E-state index contributed by atoms with van der Waals surface area (Å²) < 4.78 is 28.3. The summed E-state index contributed by atoms with van der Waals surface area (Å²) in [5.74, 6) is 0.211. The SMILES string of the molecule is CCCC/C=C/c1cc(C(=O)NS(=O)(=O)c2cccc(N)n2)c(N2C[C@@H](C)CC2(C)C)nc1C(C)(C)C. The van der Waals surface area contributed by atoms with E-state index in [4.69, 9.17) is 10.7 Å². The van der Waals surface area contributed by atoms with Gasteiger partial charge in [0, 0.05) is 17.5 Å². The smallest absolute Gasteiger partial charge is 0.281 e. The van der Waals surface area contributed by atoms with Crippen LogP contribution in [0.25, 0.3) is 6.08 Å². The molecule has 3 rings (SSSR count). The van der Waals surface area contributed by atoms with Crippen LogP contribution in [0.15, 0.2) is 35.4 Å². The highest BCUT2D eigenvalue weighted by Crippen LogP contribution is 2.39. The molecule has 3 heterocycles. The van der Waals surface area contributed by atoms with E-state index in [1.807, 2.05) is 6.08 Å². The van der Waals surface area contributed by atoms with Crippen LogP contribution in [0.1, 0.15) is 95.8 Å². The molecule has 0 aromatic carbocycles. The van der Waals surface area contributed by atoms with Crippen molar-refractivity contribution in [2.24, 2.45) is 5.92 Å². The first-order chi connectivity index (χ1) is 17.2. The lowest BCUT2D eigenvalue weighted by Crippen LogP contribution is -2.41. The average Bonchev–Trinajstić information content (AvgIpc) is 3.06. The molecule has 0 unspecified atom stereocenters. The predicted molar refractivity (Wildman–Crippen MR) is 150 cm³/mol. The highest BCUT2D eigenvalue weighted by Gasteiger charge is 2.40. The first-order valence-corrected chi connectivity index (χ1v) is 14.4. The number of aromatic nitrogens is 2. The van der Waals surface area contributed by atoms with E-state index in [-0.39, 0.29) is 27.4 Å². The van der Waals surface area contributed by atoms with Gasteiger partial charge in [0.25, 0.3) is 15.9 Å². The molecule has 2 aromatic rings. The second-order valence-electron chi connectivity index (χ2n) is 11.7. The lowest BCUT2D eigenvalue weighted by Gasteiger charge is -2.35. The largest absolute Gasteiger partial charge is 0.384 e. The zero-order valence-electron chi connectivity index (χ0n) is 23.1. The summed E-state index contributed by atoms with van der Waals surface area (Å²) in [5.41, 5.74) is 7.03. The molecular formula is C28H41N5O3S. The number of pyridine rings is 2. The molecule has 1 amide bonds. The number of carbonyl (C=O) groups excluding carboxylic acids is 1. The van der Waals surface area contributed by atoms with E-state index < -0.39 is 15.9 Å². The molecule has 1 aliphatic heterocycles. The Morgan fingerprint density at radius 1 is 1.27 bits per heavy atom. The number of nitrogens with two attached hydrogens (primary N) is 1. The quantitative estimate of drug-likeness (QED) is 0.447. The van der Waals surface area contributed by atoms with Gasteiger partial charge in [0.05, 0.1) is 11.3 Å². The van der Waals surface area contributed by atoms with Gasteiger partial charge in [-0.3, -0.25) is 4.79 Å². The monoisotopic (exact) mass is 527 g/mol. The number of anilines is 2. The van der Waals surface area contributed by atoms with E-state index in [0.717, 1.165) is 43.5 Å². The zero-order chi connectivity index (χ0) is 27.6. The molecular weight excluding hydrogens is 486 g/mol. The highest BCUT2D eigenvalue weighted by atomic mass is 32.2. The fourth-order valence-corrected chi connectivity index (χ4v) is 5.86. The minimum Gasteiger partial charge on any atom is -0.384 e. The van der Waals surface area contributed by atoms with E-state index in [9.17, 15) is 13.2 Å². The summed E-state index contributed by atoms with van der Waals surface area (Å²) >= 11 is 0. The molecule has 0 aliphatic carbocycles.